The third-order valence-corrected chi connectivity index (χ3v) is 3.99. The summed E-state index contributed by atoms with van der Waals surface area (Å²) in [6.45, 7) is 1.73. The molecule has 0 aromatic heterocycles. The van der Waals surface area contributed by atoms with E-state index in [0.717, 1.165) is 12.1 Å². The van der Waals surface area contributed by atoms with Gasteiger partial charge in [-0.05, 0) is 44.0 Å². The maximum Gasteiger partial charge on any atom is 0.416 e. The molecule has 0 aliphatic carbocycles. The van der Waals surface area contributed by atoms with Gasteiger partial charge in [0.2, 0.25) is 0 Å². The summed E-state index contributed by atoms with van der Waals surface area (Å²) >= 11 is 0. The van der Waals surface area contributed by atoms with E-state index in [1.165, 1.54) is 11.8 Å². The van der Waals surface area contributed by atoms with Crippen LogP contribution in [0.25, 0.3) is 0 Å². The first-order valence-electron chi connectivity index (χ1n) is 6.48. The van der Waals surface area contributed by atoms with Crippen molar-refractivity contribution in [1.82, 2.24) is 4.90 Å². The Bertz CT molecular complexity index is 558. The monoisotopic (exact) mass is 305 g/mol. The predicted molar refractivity (Wildman–Crippen MR) is 67.1 cm³/mol. The van der Waals surface area contributed by atoms with Crippen LogP contribution in [0.1, 0.15) is 30.9 Å². The largest absolute Gasteiger partial charge is 0.480 e. The van der Waals surface area contributed by atoms with E-state index < -0.39 is 29.1 Å². The van der Waals surface area contributed by atoms with Crippen LogP contribution in [0.4, 0.5) is 17.6 Å². The van der Waals surface area contributed by atoms with E-state index in [1.807, 2.05) is 0 Å². The van der Waals surface area contributed by atoms with Gasteiger partial charge < -0.3 is 5.11 Å². The molecule has 1 fully saturated rings. The summed E-state index contributed by atoms with van der Waals surface area (Å²) in [5, 5.41) is 9.27. The fourth-order valence-electron chi connectivity index (χ4n) is 2.67. The van der Waals surface area contributed by atoms with Crippen LogP contribution in [0.15, 0.2) is 18.2 Å². The molecule has 1 aromatic rings. The van der Waals surface area contributed by atoms with Crippen LogP contribution < -0.4 is 0 Å². The lowest BCUT2D eigenvalue weighted by Crippen LogP contribution is -2.47. The molecule has 0 spiro atoms. The molecule has 1 heterocycles. The van der Waals surface area contributed by atoms with Gasteiger partial charge in [-0.2, -0.15) is 13.2 Å². The Balaban J connectivity index is 2.34. The van der Waals surface area contributed by atoms with Crippen molar-refractivity contribution in [2.45, 2.75) is 38.0 Å². The number of likely N-dealkylation sites (tertiary alicyclic amines) is 1. The van der Waals surface area contributed by atoms with Crippen LogP contribution in [0, 0.1) is 5.82 Å². The number of hydrogen-bond donors (Lipinski definition) is 1. The lowest BCUT2D eigenvalue weighted by molar-refractivity contribution is -0.149. The topological polar surface area (TPSA) is 40.5 Å². The molecule has 1 aromatic carbocycles. The van der Waals surface area contributed by atoms with Crippen LogP contribution in [0.3, 0.4) is 0 Å². The number of carboxylic acid groups (broad SMARTS) is 1. The van der Waals surface area contributed by atoms with Gasteiger partial charge in [0.05, 0.1) is 5.56 Å². The van der Waals surface area contributed by atoms with E-state index in [1.54, 1.807) is 0 Å². The molecule has 3 nitrogen and oxygen atoms in total. The van der Waals surface area contributed by atoms with Gasteiger partial charge in [-0.3, -0.25) is 9.69 Å². The van der Waals surface area contributed by atoms with Crippen LogP contribution in [-0.4, -0.2) is 28.1 Å². The second-order valence-corrected chi connectivity index (χ2v) is 5.40. The molecular formula is C14H15F4NO2. The number of carboxylic acids is 1. The van der Waals surface area contributed by atoms with Crippen molar-refractivity contribution in [3.05, 3.63) is 35.1 Å². The maximum absolute atomic E-state index is 13.1. The van der Waals surface area contributed by atoms with Crippen LogP contribution >= 0.6 is 0 Å². The van der Waals surface area contributed by atoms with Crippen molar-refractivity contribution in [2.24, 2.45) is 0 Å². The first-order valence-corrected chi connectivity index (χ1v) is 6.48. The fourth-order valence-corrected chi connectivity index (χ4v) is 2.67. The van der Waals surface area contributed by atoms with Gasteiger partial charge in [-0.15, -0.1) is 0 Å². The number of halogens is 4. The third kappa shape index (κ3) is 3.02. The second-order valence-electron chi connectivity index (χ2n) is 5.40. The third-order valence-electron chi connectivity index (χ3n) is 3.99. The SMILES string of the molecule is CC1(C(=O)O)CCCN1Cc1ccc(F)cc1C(F)(F)F. The van der Waals surface area contributed by atoms with Gasteiger partial charge in [-0.1, -0.05) is 6.07 Å². The number of nitrogens with zero attached hydrogens (tertiary/aromatic N) is 1. The number of rotatable bonds is 3. The molecule has 0 radical (unpaired) electrons. The number of benzene rings is 1. The average Bonchev–Trinajstić information content (AvgIpc) is 2.73. The molecule has 0 bridgehead atoms. The fraction of sp³-hybridized carbons (Fsp3) is 0.500. The Morgan fingerprint density at radius 3 is 2.67 bits per heavy atom. The first kappa shape index (κ1) is 15.8. The van der Waals surface area contributed by atoms with E-state index in [0.29, 0.717) is 25.5 Å². The second kappa shape index (κ2) is 5.29. The highest BCUT2D eigenvalue weighted by Crippen LogP contribution is 2.36. The van der Waals surface area contributed by atoms with Crippen LogP contribution in [0.2, 0.25) is 0 Å². The zero-order valence-corrected chi connectivity index (χ0v) is 11.4. The molecule has 1 saturated heterocycles. The Hall–Kier alpha value is -1.63. The highest BCUT2D eigenvalue weighted by molar-refractivity contribution is 5.78. The van der Waals surface area contributed by atoms with E-state index in [4.69, 9.17) is 0 Å². The van der Waals surface area contributed by atoms with E-state index in [2.05, 4.69) is 0 Å². The molecule has 2 rings (SSSR count). The predicted octanol–water partition coefficient (Wildman–Crippen LogP) is 3.28. The summed E-state index contributed by atoms with van der Waals surface area (Å²) in [6, 6.07) is 2.47. The van der Waals surface area contributed by atoms with Gasteiger partial charge >= 0.3 is 12.1 Å². The minimum atomic E-state index is -4.67. The number of aliphatic carboxylic acids is 1. The molecule has 116 valence electrons. The average molecular weight is 305 g/mol. The summed E-state index contributed by atoms with van der Waals surface area (Å²) in [5.41, 5.74) is -2.35. The standard InChI is InChI=1S/C14H15F4NO2/c1-13(12(20)21)5-2-6-19(13)8-9-3-4-10(15)7-11(9)14(16,17)18/h3-4,7H,2,5-6,8H2,1H3,(H,20,21). The molecule has 1 unspecified atom stereocenters. The maximum atomic E-state index is 13.1. The van der Waals surface area contributed by atoms with Gasteiger partial charge in [-0.25, -0.2) is 4.39 Å². The lowest BCUT2D eigenvalue weighted by atomic mass is 9.98. The molecule has 0 amide bonds. The molecule has 1 atom stereocenters. The van der Waals surface area contributed by atoms with Crippen molar-refractivity contribution in [1.29, 1.82) is 0 Å². The summed E-state index contributed by atoms with van der Waals surface area (Å²) in [4.78, 5) is 12.8. The number of alkyl halides is 3. The normalized spacial score (nSPS) is 23.5. The van der Waals surface area contributed by atoms with Crippen molar-refractivity contribution < 1.29 is 27.5 Å². The van der Waals surface area contributed by atoms with Gasteiger partial charge in [0.15, 0.2) is 0 Å². The minimum Gasteiger partial charge on any atom is -0.480 e. The highest BCUT2D eigenvalue weighted by atomic mass is 19.4. The van der Waals surface area contributed by atoms with Crippen molar-refractivity contribution in [3.63, 3.8) is 0 Å². The zero-order chi connectivity index (χ0) is 15.8. The van der Waals surface area contributed by atoms with Gasteiger partial charge in [0.25, 0.3) is 0 Å². The Kier molecular flexibility index (Phi) is 3.97. The molecule has 7 heteroatoms. The van der Waals surface area contributed by atoms with Gasteiger partial charge in [0.1, 0.15) is 11.4 Å². The zero-order valence-electron chi connectivity index (χ0n) is 11.4. The first-order chi connectivity index (χ1) is 9.64. The highest BCUT2D eigenvalue weighted by Gasteiger charge is 2.44. The smallest absolute Gasteiger partial charge is 0.416 e. The van der Waals surface area contributed by atoms with Crippen molar-refractivity contribution >= 4 is 5.97 Å². The van der Waals surface area contributed by atoms with Crippen molar-refractivity contribution in [3.8, 4) is 0 Å². The molecule has 0 saturated carbocycles. The van der Waals surface area contributed by atoms with Crippen LogP contribution in [-0.2, 0) is 17.5 Å². The van der Waals surface area contributed by atoms with E-state index >= 15 is 0 Å². The lowest BCUT2D eigenvalue weighted by Gasteiger charge is -2.31. The van der Waals surface area contributed by atoms with Crippen LogP contribution in [0.5, 0.6) is 0 Å². The van der Waals surface area contributed by atoms with Gasteiger partial charge in [0, 0.05) is 6.54 Å². The quantitative estimate of drug-likeness (QED) is 0.871. The summed E-state index contributed by atoms with van der Waals surface area (Å²) in [5.74, 6) is -2.02. The Morgan fingerprint density at radius 1 is 1.43 bits per heavy atom. The molecule has 1 N–H and O–H groups in total. The summed E-state index contributed by atoms with van der Waals surface area (Å²) in [7, 11) is 0. The Labute approximate surface area is 119 Å². The minimum absolute atomic E-state index is 0.113. The number of hydrogen-bond acceptors (Lipinski definition) is 2. The number of carbonyl (C=O) groups is 1. The molecular weight excluding hydrogens is 290 g/mol. The summed E-state index contributed by atoms with van der Waals surface area (Å²) in [6.07, 6.45) is -3.69. The van der Waals surface area contributed by atoms with E-state index in [9.17, 15) is 27.5 Å². The summed E-state index contributed by atoms with van der Waals surface area (Å²) < 4.78 is 51.9. The molecule has 1 aliphatic rings. The Morgan fingerprint density at radius 2 is 2.10 bits per heavy atom. The van der Waals surface area contributed by atoms with E-state index in [-0.39, 0.29) is 12.1 Å². The molecule has 21 heavy (non-hydrogen) atoms. The van der Waals surface area contributed by atoms with Crippen molar-refractivity contribution in [2.75, 3.05) is 6.54 Å². The molecule has 1 aliphatic heterocycles.